The number of thiazole rings is 1. The lowest BCUT2D eigenvalue weighted by Crippen LogP contribution is -2.34. The monoisotopic (exact) mass is 237 g/mol. The van der Waals surface area contributed by atoms with Gasteiger partial charge in [0.15, 0.2) is 0 Å². The molecule has 1 aliphatic heterocycles. The third-order valence-electron chi connectivity index (χ3n) is 3.73. The molecule has 2 fully saturated rings. The summed E-state index contributed by atoms with van der Waals surface area (Å²) in [6, 6.07) is 0.732. The normalized spacial score (nSPS) is 30.5. The summed E-state index contributed by atoms with van der Waals surface area (Å²) in [7, 11) is 0. The highest BCUT2D eigenvalue weighted by Crippen LogP contribution is 2.42. The minimum atomic E-state index is 0.732. The molecule has 3 nitrogen and oxygen atoms in total. The SMILES string of the molecule is c1ncc(C2CC2NCC2CCNCC2)s1. The largest absolute Gasteiger partial charge is 0.317 e. The second-order valence-electron chi connectivity index (χ2n) is 4.95. The quantitative estimate of drug-likeness (QED) is 0.835. The van der Waals surface area contributed by atoms with Gasteiger partial charge in [-0.05, 0) is 44.8 Å². The van der Waals surface area contributed by atoms with Crippen molar-refractivity contribution in [3.05, 3.63) is 16.6 Å². The van der Waals surface area contributed by atoms with Gasteiger partial charge in [0.05, 0.1) is 5.51 Å². The average molecular weight is 237 g/mol. The molecule has 4 heteroatoms. The van der Waals surface area contributed by atoms with Crippen molar-refractivity contribution in [2.45, 2.75) is 31.2 Å². The number of nitrogens with zero attached hydrogens (tertiary/aromatic N) is 1. The van der Waals surface area contributed by atoms with Crippen LogP contribution in [0.1, 0.15) is 30.1 Å². The molecule has 2 unspecified atom stereocenters. The maximum absolute atomic E-state index is 4.15. The van der Waals surface area contributed by atoms with Crippen LogP contribution in [-0.2, 0) is 0 Å². The van der Waals surface area contributed by atoms with Crippen LogP contribution < -0.4 is 10.6 Å². The highest BCUT2D eigenvalue weighted by atomic mass is 32.1. The molecule has 0 amide bonds. The molecule has 1 saturated carbocycles. The number of piperidine rings is 1. The van der Waals surface area contributed by atoms with Crippen molar-refractivity contribution in [1.82, 2.24) is 15.6 Å². The average Bonchev–Trinajstić information content (AvgIpc) is 2.90. The molecule has 3 rings (SSSR count). The predicted molar refractivity (Wildman–Crippen MR) is 66.9 cm³/mol. The molecule has 2 heterocycles. The molecule has 0 spiro atoms. The molecule has 1 aliphatic carbocycles. The van der Waals surface area contributed by atoms with Crippen LogP contribution in [0.4, 0.5) is 0 Å². The van der Waals surface area contributed by atoms with Crippen LogP contribution in [0.15, 0.2) is 11.7 Å². The molecule has 1 aromatic heterocycles. The van der Waals surface area contributed by atoms with Gasteiger partial charge in [0.25, 0.3) is 0 Å². The Morgan fingerprint density at radius 1 is 1.44 bits per heavy atom. The van der Waals surface area contributed by atoms with Gasteiger partial charge >= 0.3 is 0 Å². The second-order valence-corrected chi connectivity index (χ2v) is 5.87. The molecule has 2 N–H and O–H groups in total. The van der Waals surface area contributed by atoms with Gasteiger partial charge in [-0.25, -0.2) is 0 Å². The van der Waals surface area contributed by atoms with Gasteiger partial charge in [-0.2, -0.15) is 0 Å². The Morgan fingerprint density at radius 3 is 3.06 bits per heavy atom. The first-order valence-corrected chi connectivity index (χ1v) is 7.14. The van der Waals surface area contributed by atoms with Crippen molar-refractivity contribution < 1.29 is 0 Å². The molecule has 1 aromatic rings. The minimum Gasteiger partial charge on any atom is -0.317 e. The van der Waals surface area contributed by atoms with Crippen molar-refractivity contribution in [3.63, 3.8) is 0 Å². The topological polar surface area (TPSA) is 37.0 Å². The lowest BCUT2D eigenvalue weighted by Gasteiger charge is -2.22. The summed E-state index contributed by atoms with van der Waals surface area (Å²) in [5.41, 5.74) is 1.94. The van der Waals surface area contributed by atoms with Crippen molar-refractivity contribution >= 4 is 11.3 Å². The summed E-state index contributed by atoms with van der Waals surface area (Å²) < 4.78 is 0. The zero-order valence-electron chi connectivity index (χ0n) is 9.48. The van der Waals surface area contributed by atoms with Gasteiger partial charge in [-0.1, -0.05) is 0 Å². The van der Waals surface area contributed by atoms with Gasteiger partial charge in [-0.15, -0.1) is 11.3 Å². The van der Waals surface area contributed by atoms with E-state index in [0.29, 0.717) is 0 Å². The molecule has 16 heavy (non-hydrogen) atoms. The fraction of sp³-hybridized carbons (Fsp3) is 0.750. The molecule has 0 bridgehead atoms. The Labute approximate surface area is 101 Å². The van der Waals surface area contributed by atoms with Crippen LogP contribution in [0.3, 0.4) is 0 Å². The number of nitrogens with one attached hydrogen (secondary N) is 2. The van der Waals surface area contributed by atoms with E-state index < -0.39 is 0 Å². The standard InChI is InChI=1S/C12H19N3S/c1-3-13-4-2-9(1)6-15-11-5-10(11)12-7-14-8-16-12/h7-11,13,15H,1-6H2. The number of hydrogen-bond acceptors (Lipinski definition) is 4. The highest BCUT2D eigenvalue weighted by Gasteiger charge is 2.39. The van der Waals surface area contributed by atoms with Crippen molar-refractivity contribution in [3.8, 4) is 0 Å². The van der Waals surface area contributed by atoms with E-state index >= 15 is 0 Å². The molecule has 2 atom stereocenters. The van der Waals surface area contributed by atoms with E-state index in [1.807, 2.05) is 11.7 Å². The zero-order chi connectivity index (χ0) is 10.8. The number of rotatable bonds is 4. The number of aromatic nitrogens is 1. The molecular formula is C12H19N3S. The first-order chi connectivity index (χ1) is 7.93. The van der Waals surface area contributed by atoms with Crippen molar-refractivity contribution in [2.24, 2.45) is 5.92 Å². The Kier molecular flexibility index (Phi) is 3.22. The highest BCUT2D eigenvalue weighted by molar-refractivity contribution is 7.09. The van der Waals surface area contributed by atoms with Crippen LogP contribution >= 0.6 is 11.3 Å². The lowest BCUT2D eigenvalue weighted by atomic mass is 9.98. The molecule has 88 valence electrons. The first kappa shape index (κ1) is 10.7. The van der Waals surface area contributed by atoms with Crippen LogP contribution in [0.25, 0.3) is 0 Å². The van der Waals surface area contributed by atoms with E-state index in [4.69, 9.17) is 0 Å². The third kappa shape index (κ3) is 2.44. The van der Waals surface area contributed by atoms with Gasteiger partial charge in [0.2, 0.25) is 0 Å². The summed E-state index contributed by atoms with van der Waals surface area (Å²) in [6.45, 7) is 3.62. The van der Waals surface area contributed by atoms with E-state index in [1.165, 1.54) is 43.8 Å². The molecule has 1 saturated heterocycles. The maximum Gasteiger partial charge on any atom is 0.0794 e. The first-order valence-electron chi connectivity index (χ1n) is 6.26. The summed E-state index contributed by atoms with van der Waals surface area (Å²) in [5, 5.41) is 7.13. The van der Waals surface area contributed by atoms with Crippen molar-refractivity contribution in [2.75, 3.05) is 19.6 Å². The Balaban J connectivity index is 1.41. The van der Waals surface area contributed by atoms with E-state index in [-0.39, 0.29) is 0 Å². The molecule has 0 radical (unpaired) electrons. The van der Waals surface area contributed by atoms with E-state index in [0.717, 1.165) is 17.9 Å². The fourth-order valence-electron chi connectivity index (χ4n) is 2.55. The third-order valence-corrected chi connectivity index (χ3v) is 4.64. The minimum absolute atomic E-state index is 0.732. The number of hydrogen-bond donors (Lipinski definition) is 2. The van der Waals surface area contributed by atoms with Gasteiger partial charge in [0, 0.05) is 23.0 Å². The summed E-state index contributed by atoms with van der Waals surface area (Å²) >= 11 is 1.80. The molecule has 0 aromatic carbocycles. The Morgan fingerprint density at radius 2 is 2.31 bits per heavy atom. The summed E-state index contributed by atoms with van der Waals surface area (Å²) in [6.07, 6.45) is 6.02. The Hall–Kier alpha value is -0.450. The van der Waals surface area contributed by atoms with Crippen LogP contribution in [0.2, 0.25) is 0 Å². The van der Waals surface area contributed by atoms with Crippen LogP contribution in [0.5, 0.6) is 0 Å². The smallest absolute Gasteiger partial charge is 0.0794 e. The summed E-state index contributed by atoms with van der Waals surface area (Å²) in [4.78, 5) is 5.61. The van der Waals surface area contributed by atoms with E-state index in [9.17, 15) is 0 Å². The molecule has 2 aliphatic rings. The van der Waals surface area contributed by atoms with E-state index in [1.54, 1.807) is 11.3 Å². The Bertz CT molecular complexity index is 319. The van der Waals surface area contributed by atoms with Crippen LogP contribution in [-0.4, -0.2) is 30.7 Å². The molecular weight excluding hydrogens is 218 g/mol. The van der Waals surface area contributed by atoms with Gasteiger partial charge in [0.1, 0.15) is 0 Å². The van der Waals surface area contributed by atoms with Gasteiger partial charge < -0.3 is 10.6 Å². The van der Waals surface area contributed by atoms with Crippen LogP contribution in [0, 0.1) is 5.92 Å². The van der Waals surface area contributed by atoms with E-state index in [2.05, 4.69) is 15.6 Å². The predicted octanol–water partition coefficient (Wildman–Crippen LogP) is 1.59. The second kappa shape index (κ2) is 4.82. The van der Waals surface area contributed by atoms with Gasteiger partial charge in [-0.3, -0.25) is 4.98 Å². The summed E-state index contributed by atoms with van der Waals surface area (Å²) in [5.74, 6) is 1.65. The lowest BCUT2D eigenvalue weighted by molar-refractivity contribution is 0.355. The maximum atomic E-state index is 4.15. The fourth-order valence-corrected chi connectivity index (χ4v) is 3.35. The van der Waals surface area contributed by atoms with Crippen molar-refractivity contribution in [1.29, 1.82) is 0 Å². The zero-order valence-corrected chi connectivity index (χ0v) is 10.3.